The first-order chi connectivity index (χ1) is 31.6. The normalized spacial score (nSPS) is 12.8. The van der Waals surface area contributed by atoms with Crippen molar-refractivity contribution >= 4 is 43.7 Å². The number of nitrogens with zero attached hydrogens (tertiary/aromatic N) is 3. The van der Waals surface area contributed by atoms with E-state index in [0.29, 0.717) is 11.4 Å². The Hall–Kier alpha value is -6.98. The lowest BCUT2D eigenvalue weighted by molar-refractivity contribution is 0.446. The third kappa shape index (κ3) is 7.78. The number of fused-ring (bicyclic) bond motifs is 6. The minimum atomic E-state index is -0.331. The Kier molecular flexibility index (Phi) is 10.2. The van der Waals surface area contributed by atoms with Crippen LogP contribution in [0.5, 0.6) is 5.75 Å². The van der Waals surface area contributed by atoms with Crippen molar-refractivity contribution < 1.29 is 9.52 Å². The molecule has 10 rings (SSSR count). The van der Waals surface area contributed by atoms with Crippen molar-refractivity contribution in [2.24, 2.45) is 0 Å². The molecule has 0 bridgehead atoms. The number of furan rings is 1. The number of benzene rings is 7. The molecule has 67 heavy (non-hydrogen) atoms. The maximum absolute atomic E-state index is 12.6. The molecular weight excluding hydrogens is 819 g/mol. The molecule has 0 saturated heterocycles. The molecule has 5 nitrogen and oxygen atoms in total. The van der Waals surface area contributed by atoms with Crippen LogP contribution in [0.3, 0.4) is 0 Å². The Bertz CT molecular complexity index is 3560. The van der Waals surface area contributed by atoms with Crippen LogP contribution >= 0.6 is 0 Å². The van der Waals surface area contributed by atoms with Crippen LogP contribution in [-0.2, 0) is 21.7 Å². The molecule has 0 atom stereocenters. The predicted octanol–water partition coefficient (Wildman–Crippen LogP) is 17.0. The Morgan fingerprint density at radius 2 is 1.16 bits per heavy atom. The average Bonchev–Trinajstić information content (AvgIpc) is 3.86. The van der Waals surface area contributed by atoms with Gasteiger partial charge in [-0.25, -0.2) is 4.98 Å². The van der Waals surface area contributed by atoms with Crippen molar-refractivity contribution in [3.63, 3.8) is 0 Å². The standard InChI is InChI=1S/C62H61N3O2/c1-59(2,3)41-26-27-51(46(32-41)37-19-14-13-15-20-37)65-52-24-18-23-45(56(52)64-58(65)47-33-43(61(7,8)9)34-49(57(47)66)62(10,11)12)39-29-40(31-42(30-39)60(4,5)6)50-35-54-48(36-63-50)55-44-22-17-16-21-38(44)25-28-53(55)67-54/h13-36,66H,1-12H3. The van der Waals surface area contributed by atoms with Crippen LogP contribution < -0.4 is 0 Å². The summed E-state index contributed by atoms with van der Waals surface area (Å²) >= 11 is 0. The molecule has 10 aromatic rings. The van der Waals surface area contributed by atoms with Gasteiger partial charge in [0.1, 0.15) is 22.7 Å². The quantitative estimate of drug-likeness (QED) is 0.187. The number of hydrogen-bond donors (Lipinski definition) is 1. The fourth-order valence-electron chi connectivity index (χ4n) is 9.58. The molecule has 1 N–H and O–H groups in total. The van der Waals surface area contributed by atoms with E-state index in [2.05, 4.69) is 227 Å². The zero-order valence-electron chi connectivity index (χ0n) is 41.1. The van der Waals surface area contributed by atoms with Gasteiger partial charge in [-0.3, -0.25) is 9.55 Å². The van der Waals surface area contributed by atoms with E-state index in [1.807, 2.05) is 6.20 Å². The van der Waals surface area contributed by atoms with Gasteiger partial charge in [-0.15, -0.1) is 0 Å². The van der Waals surface area contributed by atoms with Gasteiger partial charge in [-0.1, -0.05) is 174 Å². The van der Waals surface area contributed by atoms with E-state index in [1.165, 1.54) is 16.5 Å². The van der Waals surface area contributed by atoms with Gasteiger partial charge >= 0.3 is 0 Å². The lowest BCUT2D eigenvalue weighted by Gasteiger charge is -2.28. The smallest absolute Gasteiger partial charge is 0.149 e. The summed E-state index contributed by atoms with van der Waals surface area (Å²) in [5.74, 6) is 0.942. The second-order valence-corrected chi connectivity index (χ2v) is 22.6. The Morgan fingerprint density at radius 1 is 0.493 bits per heavy atom. The molecular formula is C62H61N3O2. The van der Waals surface area contributed by atoms with Crippen molar-refractivity contribution in [1.82, 2.24) is 14.5 Å². The van der Waals surface area contributed by atoms with Crippen LogP contribution in [-0.4, -0.2) is 19.6 Å². The number of pyridine rings is 1. The van der Waals surface area contributed by atoms with Crippen molar-refractivity contribution in [3.05, 3.63) is 168 Å². The zero-order valence-corrected chi connectivity index (χ0v) is 41.1. The first-order valence-corrected chi connectivity index (χ1v) is 23.6. The van der Waals surface area contributed by atoms with E-state index in [-0.39, 0.29) is 27.4 Å². The topological polar surface area (TPSA) is 64.1 Å². The molecule has 0 amide bonds. The Morgan fingerprint density at radius 3 is 1.88 bits per heavy atom. The molecule has 0 saturated carbocycles. The number of aromatic hydroxyl groups is 1. The fraction of sp³-hybridized carbons (Fsp3) is 0.258. The lowest BCUT2D eigenvalue weighted by atomic mass is 9.79. The fourth-order valence-corrected chi connectivity index (χ4v) is 9.58. The van der Waals surface area contributed by atoms with Crippen LogP contribution in [0.4, 0.5) is 0 Å². The SMILES string of the molecule is CC(C)(C)c1cc(-c2cc3oc4ccc5ccccc5c4c3cn2)cc(-c2cccc3c2nc(-c2cc(C(C)(C)C)cc(C(C)(C)C)c2O)n3-c2ccc(C(C)(C)C)cc2-c2ccccc2)c1. The number of aromatic nitrogens is 3. The highest BCUT2D eigenvalue weighted by Crippen LogP contribution is 2.46. The molecule has 5 heteroatoms. The van der Waals surface area contributed by atoms with Crippen molar-refractivity contribution in [2.45, 2.75) is 105 Å². The van der Waals surface area contributed by atoms with Gasteiger partial charge in [-0.05, 0) is 103 Å². The summed E-state index contributed by atoms with van der Waals surface area (Å²) in [4.78, 5) is 10.9. The van der Waals surface area contributed by atoms with Gasteiger partial charge < -0.3 is 9.52 Å². The largest absolute Gasteiger partial charge is 0.507 e. The Labute approximate surface area is 395 Å². The van der Waals surface area contributed by atoms with Gasteiger partial charge in [0.2, 0.25) is 0 Å². The lowest BCUT2D eigenvalue weighted by Crippen LogP contribution is -2.17. The average molecular weight is 880 g/mol. The summed E-state index contributed by atoms with van der Waals surface area (Å²) in [6, 6.07) is 49.9. The first kappa shape index (κ1) is 43.9. The second kappa shape index (κ2) is 15.6. The number of hydrogen-bond acceptors (Lipinski definition) is 4. The summed E-state index contributed by atoms with van der Waals surface area (Å²) in [6.45, 7) is 26.8. The highest BCUT2D eigenvalue weighted by atomic mass is 16.3. The molecule has 0 aliphatic carbocycles. The van der Waals surface area contributed by atoms with E-state index >= 15 is 0 Å². The maximum atomic E-state index is 12.6. The molecule has 0 radical (unpaired) electrons. The van der Waals surface area contributed by atoms with Crippen molar-refractivity contribution in [3.8, 4) is 56.3 Å². The Balaban J connectivity index is 1.26. The van der Waals surface area contributed by atoms with Crippen LogP contribution in [0.25, 0.3) is 94.3 Å². The summed E-state index contributed by atoms with van der Waals surface area (Å²) in [5.41, 5.74) is 14.9. The summed E-state index contributed by atoms with van der Waals surface area (Å²) in [5, 5.41) is 17.0. The van der Waals surface area contributed by atoms with E-state index in [9.17, 15) is 5.11 Å². The zero-order chi connectivity index (χ0) is 47.4. The molecule has 0 fully saturated rings. The van der Waals surface area contributed by atoms with Gasteiger partial charge in [-0.2, -0.15) is 0 Å². The number of phenolic OH excluding ortho intramolecular Hbond substituents is 1. The van der Waals surface area contributed by atoms with Gasteiger partial charge in [0.25, 0.3) is 0 Å². The van der Waals surface area contributed by atoms with Crippen LogP contribution in [0.15, 0.2) is 150 Å². The number of para-hydroxylation sites is 1. The molecule has 0 aliphatic rings. The minimum absolute atomic E-state index is 0.0794. The van der Waals surface area contributed by atoms with Gasteiger partial charge in [0.05, 0.1) is 28.0 Å². The predicted molar refractivity (Wildman–Crippen MR) is 282 cm³/mol. The maximum Gasteiger partial charge on any atom is 0.149 e. The van der Waals surface area contributed by atoms with Gasteiger partial charge in [0.15, 0.2) is 0 Å². The van der Waals surface area contributed by atoms with E-state index in [1.54, 1.807) is 0 Å². The monoisotopic (exact) mass is 879 g/mol. The molecule has 7 aromatic carbocycles. The molecule has 0 spiro atoms. The molecule has 336 valence electrons. The molecule has 3 heterocycles. The van der Waals surface area contributed by atoms with Crippen LogP contribution in [0, 0.1) is 0 Å². The molecule has 3 aromatic heterocycles. The van der Waals surface area contributed by atoms with Gasteiger partial charge in [0, 0.05) is 45.3 Å². The number of phenols is 1. The highest BCUT2D eigenvalue weighted by molar-refractivity contribution is 6.18. The first-order valence-electron chi connectivity index (χ1n) is 23.6. The number of imidazole rings is 1. The van der Waals surface area contributed by atoms with Crippen LogP contribution in [0.1, 0.15) is 105 Å². The van der Waals surface area contributed by atoms with Crippen LogP contribution in [0.2, 0.25) is 0 Å². The van der Waals surface area contributed by atoms with E-state index < -0.39 is 0 Å². The summed E-state index contributed by atoms with van der Waals surface area (Å²) < 4.78 is 8.84. The third-order valence-electron chi connectivity index (χ3n) is 13.6. The third-order valence-corrected chi connectivity index (χ3v) is 13.6. The summed E-state index contributed by atoms with van der Waals surface area (Å²) in [7, 11) is 0. The second-order valence-electron chi connectivity index (χ2n) is 22.6. The van der Waals surface area contributed by atoms with E-state index in [4.69, 9.17) is 14.4 Å². The van der Waals surface area contributed by atoms with Crippen molar-refractivity contribution in [1.29, 1.82) is 0 Å². The van der Waals surface area contributed by atoms with Crippen molar-refractivity contribution in [2.75, 3.05) is 0 Å². The van der Waals surface area contributed by atoms with E-state index in [0.717, 1.165) is 88.7 Å². The summed E-state index contributed by atoms with van der Waals surface area (Å²) in [6.07, 6.45) is 1.97. The highest BCUT2D eigenvalue weighted by Gasteiger charge is 2.30. The molecule has 0 unspecified atom stereocenters. The minimum Gasteiger partial charge on any atom is -0.507 e. The number of rotatable bonds is 5. The molecule has 0 aliphatic heterocycles.